The van der Waals surface area contributed by atoms with Gasteiger partial charge in [0.1, 0.15) is 10.4 Å². The Labute approximate surface area is 171 Å². The van der Waals surface area contributed by atoms with Crippen LogP contribution in [0.5, 0.6) is 5.75 Å². The van der Waals surface area contributed by atoms with Crippen molar-refractivity contribution in [1.82, 2.24) is 9.71 Å². The summed E-state index contributed by atoms with van der Waals surface area (Å²) in [4.78, 5) is 15.2. The minimum atomic E-state index is -3.24. The van der Waals surface area contributed by atoms with Crippen molar-refractivity contribution in [3.63, 3.8) is 0 Å². The molecule has 0 radical (unpaired) electrons. The van der Waals surface area contributed by atoms with E-state index in [9.17, 15) is 18.3 Å². The quantitative estimate of drug-likeness (QED) is 0.451. The average molecular weight is 429 g/mol. The molecule has 0 aliphatic heterocycles. The van der Waals surface area contributed by atoms with Crippen molar-refractivity contribution in [1.29, 1.82) is 0 Å². The molecule has 2 aromatic carbocycles. The van der Waals surface area contributed by atoms with Crippen LogP contribution in [0, 0.1) is 0 Å². The Hall–Kier alpha value is -2.68. The molecule has 1 atom stereocenters. The lowest BCUT2D eigenvalue weighted by atomic mass is 9.94. The number of phenols is 1. The Bertz CT molecular complexity index is 1370. The van der Waals surface area contributed by atoms with Crippen LogP contribution < -0.4 is 10.3 Å². The minimum absolute atomic E-state index is 0.000162. The molecular formula is C21H20N2O4S2. The van der Waals surface area contributed by atoms with Crippen LogP contribution in [0.4, 0.5) is 0 Å². The molecule has 2 heterocycles. The van der Waals surface area contributed by atoms with Gasteiger partial charge in [0.2, 0.25) is 10.0 Å². The van der Waals surface area contributed by atoms with Gasteiger partial charge in [-0.25, -0.2) is 13.1 Å². The standard InChI is InChI=1S/C21H20N2O4S2/c1-12(11-22-29(2,26)27)13-3-5-14(6-4-13)18-17(24)8-7-16-19(18)15-9-10-28-20(15)21(25)23-16/h3-10,12,22,24H,11H2,1-2H3,(H,23,25). The maximum Gasteiger partial charge on any atom is 0.266 e. The molecule has 4 rings (SSSR count). The summed E-state index contributed by atoms with van der Waals surface area (Å²) in [5.41, 5.74) is 3.00. The maximum atomic E-state index is 12.3. The van der Waals surface area contributed by atoms with E-state index >= 15 is 0 Å². The highest BCUT2D eigenvalue weighted by atomic mass is 32.2. The molecule has 0 aliphatic carbocycles. The normalized spacial score (nSPS) is 13.2. The first-order valence-electron chi connectivity index (χ1n) is 9.05. The molecule has 150 valence electrons. The Balaban J connectivity index is 1.80. The number of aromatic hydroxyl groups is 1. The van der Waals surface area contributed by atoms with E-state index in [4.69, 9.17) is 0 Å². The van der Waals surface area contributed by atoms with Gasteiger partial charge < -0.3 is 10.1 Å². The number of pyridine rings is 1. The number of nitrogens with one attached hydrogen (secondary N) is 2. The number of aromatic amines is 1. The molecule has 0 aliphatic rings. The molecule has 0 bridgehead atoms. The number of hydrogen-bond donors (Lipinski definition) is 3. The van der Waals surface area contributed by atoms with Crippen molar-refractivity contribution >= 4 is 42.3 Å². The van der Waals surface area contributed by atoms with Gasteiger partial charge in [-0.05, 0) is 40.6 Å². The largest absolute Gasteiger partial charge is 0.507 e. The zero-order valence-corrected chi connectivity index (χ0v) is 17.5. The van der Waals surface area contributed by atoms with Crippen LogP contribution in [0.3, 0.4) is 0 Å². The highest BCUT2D eigenvalue weighted by Crippen LogP contribution is 2.39. The molecule has 0 saturated carbocycles. The first-order valence-corrected chi connectivity index (χ1v) is 11.8. The number of benzene rings is 2. The lowest BCUT2D eigenvalue weighted by Gasteiger charge is -2.14. The summed E-state index contributed by atoms with van der Waals surface area (Å²) in [6, 6.07) is 12.9. The number of thiophene rings is 1. The Morgan fingerprint density at radius 2 is 1.86 bits per heavy atom. The molecule has 3 N–H and O–H groups in total. The van der Waals surface area contributed by atoms with Gasteiger partial charge in [0.05, 0.1) is 6.26 Å². The first-order chi connectivity index (χ1) is 13.7. The fraction of sp³-hybridized carbons (Fsp3) is 0.190. The van der Waals surface area contributed by atoms with Crippen molar-refractivity contribution in [2.24, 2.45) is 0 Å². The molecule has 29 heavy (non-hydrogen) atoms. The minimum Gasteiger partial charge on any atom is -0.507 e. The summed E-state index contributed by atoms with van der Waals surface area (Å²) >= 11 is 1.37. The van der Waals surface area contributed by atoms with Crippen molar-refractivity contribution < 1.29 is 13.5 Å². The fourth-order valence-corrected chi connectivity index (χ4v) is 4.85. The van der Waals surface area contributed by atoms with E-state index in [1.165, 1.54) is 11.3 Å². The molecule has 4 aromatic rings. The van der Waals surface area contributed by atoms with Crippen molar-refractivity contribution in [3.8, 4) is 16.9 Å². The van der Waals surface area contributed by atoms with Gasteiger partial charge in [-0.1, -0.05) is 31.2 Å². The molecule has 2 aromatic heterocycles. The second-order valence-electron chi connectivity index (χ2n) is 7.14. The van der Waals surface area contributed by atoms with E-state index in [0.29, 0.717) is 22.3 Å². The van der Waals surface area contributed by atoms with Gasteiger partial charge in [-0.3, -0.25) is 4.79 Å². The van der Waals surface area contributed by atoms with Crippen molar-refractivity contribution in [2.75, 3.05) is 12.8 Å². The van der Waals surface area contributed by atoms with Crippen LogP contribution >= 0.6 is 11.3 Å². The highest BCUT2D eigenvalue weighted by molar-refractivity contribution is 7.88. The van der Waals surface area contributed by atoms with Crippen LogP contribution in [-0.2, 0) is 10.0 Å². The monoisotopic (exact) mass is 428 g/mol. The Kier molecular flexibility index (Phi) is 4.94. The van der Waals surface area contributed by atoms with Crippen molar-refractivity contribution in [3.05, 3.63) is 63.8 Å². The number of H-pyrrole nitrogens is 1. The van der Waals surface area contributed by atoms with Crippen molar-refractivity contribution in [2.45, 2.75) is 12.8 Å². The van der Waals surface area contributed by atoms with E-state index in [0.717, 1.165) is 28.2 Å². The predicted molar refractivity (Wildman–Crippen MR) is 118 cm³/mol. The molecule has 8 heteroatoms. The van der Waals surface area contributed by atoms with E-state index in [1.54, 1.807) is 12.1 Å². The lowest BCUT2D eigenvalue weighted by molar-refractivity contribution is 0.478. The van der Waals surface area contributed by atoms with Gasteiger partial charge in [0.25, 0.3) is 5.56 Å². The van der Waals surface area contributed by atoms with Crippen LogP contribution in [0.15, 0.2) is 52.6 Å². The highest BCUT2D eigenvalue weighted by Gasteiger charge is 2.16. The third-order valence-electron chi connectivity index (χ3n) is 4.99. The van der Waals surface area contributed by atoms with Crippen LogP contribution in [0.2, 0.25) is 0 Å². The van der Waals surface area contributed by atoms with Crippen LogP contribution in [0.1, 0.15) is 18.4 Å². The topological polar surface area (TPSA) is 99.3 Å². The van der Waals surface area contributed by atoms with Gasteiger partial charge in [0, 0.05) is 28.4 Å². The first kappa shape index (κ1) is 19.6. The fourth-order valence-electron chi connectivity index (χ4n) is 3.50. The Morgan fingerprint density at radius 3 is 2.55 bits per heavy atom. The Morgan fingerprint density at radius 1 is 1.14 bits per heavy atom. The summed E-state index contributed by atoms with van der Waals surface area (Å²) in [5.74, 6) is 0.136. The zero-order valence-electron chi connectivity index (χ0n) is 15.9. The summed E-state index contributed by atoms with van der Waals surface area (Å²) in [6.45, 7) is 2.26. The lowest BCUT2D eigenvalue weighted by Crippen LogP contribution is -2.26. The van der Waals surface area contributed by atoms with E-state index in [1.807, 2.05) is 42.6 Å². The maximum absolute atomic E-state index is 12.3. The summed E-state index contributed by atoms with van der Waals surface area (Å²) in [7, 11) is -3.24. The molecular weight excluding hydrogens is 408 g/mol. The number of sulfonamides is 1. The van der Waals surface area contributed by atoms with E-state index in [-0.39, 0.29) is 17.2 Å². The molecule has 0 fully saturated rings. The zero-order chi connectivity index (χ0) is 20.8. The SMILES string of the molecule is CC(CNS(C)(=O)=O)c1ccc(-c2c(O)ccc3[nH]c(=O)c4sccc4c23)cc1. The van der Waals surface area contributed by atoms with E-state index in [2.05, 4.69) is 9.71 Å². The third kappa shape index (κ3) is 3.78. The molecule has 0 saturated heterocycles. The van der Waals surface area contributed by atoms with E-state index < -0.39 is 10.0 Å². The van der Waals surface area contributed by atoms with Crippen LogP contribution in [0.25, 0.3) is 32.1 Å². The number of hydrogen-bond acceptors (Lipinski definition) is 5. The average Bonchev–Trinajstić information content (AvgIpc) is 3.17. The molecule has 0 amide bonds. The second kappa shape index (κ2) is 7.29. The summed E-state index contributed by atoms with van der Waals surface area (Å²) in [6.07, 6.45) is 1.14. The van der Waals surface area contributed by atoms with Gasteiger partial charge in [-0.15, -0.1) is 11.3 Å². The molecule has 6 nitrogen and oxygen atoms in total. The summed E-state index contributed by atoms with van der Waals surface area (Å²) in [5, 5.41) is 14.1. The number of phenolic OH excluding ortho intramolecular Hbond substituents is 1. The molecule has 0 spiro atoms. The smallest absolute Gasteiger partial charge is 0.266 e. The number of rotatable bonds is 5. The van der Waals surface area contributed by atoms with Gasteiger partial charge in [-0.2, -0.15) is 0 Å². The number of fused-ring (bicyclic) bond motifs is 3. The number of aromatic nitrogens is 1. The van der Waals surface area contributed by atoms with Crippen LogP contribution in [-0.4, -0.2) is 31.3 Å². The van der Waals surface area contributed by atoms with Gasteiger partial charge >= 0.3 is 0 Å². The second-order valence-corrected chi connectivity index (χ2v) is 9.89. The summed E-state index contributed by atoms with van der Waals surface area (Å²) < 4.78 is 25.8. The third-order valence-corrected chi connectivity index (χ3v) is 6.60. The molecule has 1 unspecified atom stereocenters. The van der Waals surface area contributed by atoms with Gasteiger partial charge in [0.15, 0.2) is 0 Å². The predicted octanol–water partition coefficient (Wildman–Crippen LogP) is 3.77.